The first-order chi connectivity index (χ1) is 12.7. The molecule has 1 atom stereocenters. The monoisotopic (exact) mass is 361 g/mol. The van der Waals surface area contributed by atoms with Gasteiger partial charge in [-0.2, -0.15) is 0 Å². The Bertz CT molecular complexity index is 756. The predicted octanol–water partition coefficient (Wildman–Crippen LogP) is -0.898. The lowest BCUT2D eigenvalue weighted by atomic mass is 10.1. The number of aromatic nitrogens is 2. The van der Waals surface area contributed by atoms with Crippen molar-refractivity contribution in [1.82, 2.24) is 25.5 Å². The number of aliphatic hydroxyl groups excluding tert-OH is 1. The Morgan fingerprint density at radius 3 is 2.92 bits per heavy atom. The van der Waals surface area contributed by atoms with E-state index in [-0.39, 0.29) is 0 Å². The van der Waals surface area contributed by atoms with Gasteiger partial charge < -0.3 is 25.5 Å². The summed E-state index contributed by atoms with van der Waals surface area (Å²) in [7, 11) is 0. The van der Waals surface area contributed by atoms with Crippen molar-refractivity contribution in [1.29, 1.82) is 0 Å². The second-order valence-electron chi connectivity index (χ2n) is 6.09. The number of carbonyl (C=O) groups excluding carboxylic acids is 2. The van der Waals surface area contributed by atoms with Gasteiger partial charge in [0.25, 0.3) is 5.91 Å². The van der Waals surface area contributed by atoms with Crippen molar-refractivity contribution in [2.75, 3.05) is 46.0 Å². The molecule has 1 aromatic carbocycles. The van der Waals surface area contributed by atoms with Gasteiger partial charge in [0.05, 0.1) is 37.2 Å². The highest BCUT2D eigenvalue weighted by molar-refractivity contribution is 5.99. The number of hydrogen-bond acceptors (Lipinski definition) is 6. The highest BCUT2D eigenvalue weighted by atomic mass is 16.5. The molecule has 1 aliphatic heterocycles. The van der Waals surface area contributed by atoms with Crippen LogP contribution in [0.5, 0.6) is 0 Å². The van der Waals surface area contributed by atoms with Gasteiger partial charge in [-0.15, -0.1) is 0 Å². The van der Waals surface area contributed by atoms with E-state index in [1.807, 2.05) is 0 Å². The summed E-state index contributed by atoms with van der Waals surface area (Å²) < 4.78 is 5.27. The number of amides is 2. The third kappa shape index (κ3) is 4.57. The molecule has 1 aliphatic rings. The Morgan fingerprint density at radius 2 is 2.15 bits per heavy atom. The maximum Gasteiger partial charge on any atom is 0.252 e. The molecular formula is C17H23N5O4. The van der Waals surface area contributed by atoms with Crippen molar-refractivity contribution >= 4 is 22.8 Å². The van der Waals surface area contributed by atoms with Gasteiger partial charge in [0.1, 0.15) is 6.04 Å². The van der Waals surface area contributed by atoms with E-state index in [9.17, 15) is 14.7 Å². The fraction of sp³-hybridized carbons (Fsp3) is 0.471. The van der Waals surface area contributed by atoms with Crippen LogP contribution >= 0.6 is 0 Å². The van der Waals surface area contributed by atoms with Crippen LogP contribution in [0.4, 0.5) is 0 Å². The van der Waals surface area contributed by atoms with Crippen LogP contribution in [0.2, 0.25) is 0 Å². The maximum absolute atomic E-state index is 12.3. The largest absolute Gasteiger partial charge is 0.394 e. The van der Waals surface area contributed by atoms with E-state index < -0.39 is 24.5 Å². The van der Waals surface area contributed by atoms with Crippen LogP contribution in [-0.4, -0.2) is 83.8 Å². The van der Waals surface area contributed by atoms with Crippen molar-refractivity contribution in [3.63, 3.8) is 0 Å². The molecule has 0 unspecified atom stereocenters. The minimum absolute atomic E-state index is 0.390. The third-order valence-electron chi connectivity index (χ3n) is 4.32. The minimum atomic E-state index is -0.996. The topological polar surface area (TPSA) is 120 Å². The number of imidazole rings is 1. The highest BCUT2D eigenvalue weighted by Crippen LogP contribution is 2.11. The van der Waals surface area contributed by atoms with Gasteiger partial charge in [-0.1, -0.05) is 0 Å². The number of nitrogens with zero attached hydrogens (tertiary/aromatic N) is 2. The minimum Gasteiger partial charge on any atom is -0.394 e. The van der Waals surface area contributed by atoms with E-state index in [0.29, 0.717) is 31.9 Å². The lowest BCUT2D eigenvalue weighted by Gasteiger charge is -2.26. The molecule has 0 bridgehead atoms. The molecule has 0 aliphatic carbocycles. The van der Waals surface area contributed by atoms with E-state index >= 15 is 0 Å². The number of aliphatic hydroxyl groups is 1. The number of hydrogen-bond donors (Lipinski definition) is 4. The van der Waals surface area contributed by atoms with Crippen molar-refractivity contribution in [3.05, 3.63) is 30.1 Å². The number of nitrogens with one attached hydrogen (secondary N) is 3. The van der Waals surface area contributed by atoms with Gasteiger partial charge in [-0.05, 0) is 18.2 Å². The Hall–Kier alpha value is -2.49. The zero-order valence-corrected chi connectivity index (χ0v) is 14.4. The summed E-state index contributed by atoms with van der Waals surface area (Å²) >= 11 is 0. The molecule has 140 valence electrons. The Labute approximate surface area is 150 Å². The summed E-state index contributed by atoms with van der Waals surface area (Å²) in [6.07, 6.45) is 1.55. The van der Waals surface area contributed by atoms with Gasteiger partial charge in [-0.25, -0.2) is 4.98 Å². The van der Waals surface area contributed by atoms with E-state index in [1.54, 1.807) is 24.5 Å². The summed E-state index contributed by atoms with van der Waals surface area (Å²) in [6.45, 7) is 3.76. The molecule has 9 nitrogen and oxygen atoms in total. The van der Waals surface area contributed by atoms with E-state index in [0.717, 1.165) is 24.1 Å². The van der Waals surface area contributed by atoms with Gasteiger partial charge in [-0.3, -0.25) is 14.5 Å². The maximum atomic E-state index is 12.3. The quantitative estimate of drug-likeness (QED) is 0.508. The van der Waals surface area contributed by atoms with Crippen molar-refractivity contribution in [2.45, 2.75) is 6.04 Å². The number of H-pyrrole nitrogens is 1. The second kappa shape index (κ2) is 8.75. The van der Waals surface area contributed by atoms with Crippen LogP contribution in [0.25, 0.3) is 11.0 Å². The first-order valence-corrected chi connectivity index (χ1v) is 8.60. The summed E-state index contributed by atoms with van der Waals surface area (Å²) in [4.78, 5) is 33.8. The molecule has 0 saturated carbocycles. The molecule has 2 amide bonds. The summed E-state index contributed by atoms with van der Waals surface area (Å²) in [5.74, 6) is -0.833. The van der Waals surface area contributed by atoms with E-state index in [2.05, 4.69) is 25.5 Å². The van der Waals surface area contributed by atoms with Gasteiger partial charge >= 0.3 is 0 Å². The zero-order chi connectivity index (χ0) is 18.4. The predicted molar refractivity (Wildman–Crippen MR) is 94.7 cm³/mol. The molecule has 9 heteroatoms. The van der Waals surface area contributed by atoms with Crippen LogP contribution in [-0.2, 0) is 9.53 Å². The third-order valence-corrected chi connectivity index (χ3v) is 4.32. The number of carbonyl (C=O) groups is 2. The van der Waals surface area contributed by atoms with Crippen LogP contribution in [0.1, 0.15) is 10.4 Å². The Kier molecular flexibility index (Phi) is 6.16. The SMILES string of the molecule is O=C(N[C@@H](CO)C(=O)NCCN1CCOCC1)c1ccc2nc[nH]c2c1. The normalized spacial score (nSPS) is 16.3. The molecule has 26 heavy (non-hydrogen) atoms. The molecule has 1 saturated heterocycles. The van der Waals surface area contributed by atoms with Crippen LogP contribution < -0.4 is 10.6 Å². The molecule has 4 N–H and O–H groups in total. The molecule has 1 fully saturated rings. The van der Waals surface area contributed by atoms with Gasteiger partial charge in [0, 0.05) is 31.7 Å². The number of aromatic amines is 1. The van der Waals surface area contributed by atoms with Crippen molar-refractivity contribution in [2.24, 2.45) is 0 Å². The molecule has 1 aromatic heterocycles. The number of morpholine rings is 1. The smallest absolute Gasteiger partial charge is 0.252 e. The fourth-order valence-electron chi connectivity index (χ4n) is 2.80. The van der Waals surface area contributed by atoms with Crippen molar-refractivity contribution < 1.29 is 19.4 Å². The molecule has 3 rings (SSSR count). The number of benzene rings is 1. The van der Waals surface area contributed by atoms with Gasteiger partial charge in [0.15, 0.2) is 0 Å². The molecule has 2 aromatic rings. The van der Waals surface area contributed by atoms with Crippen LogP contribution in [0, 0.1) is 0 Å². The Morgan fingerprint density at radius 1 is 1.35 bits per heavy atom. The zero-order valence-electron chi connectivity index (χ0n) is 14.4. The number of fused-ring (bicyclic) bond motifs is 1. The highest BCUT2D eigenvalue weighted by Gasteiger charge is 2.21. The average Bonchev–Trinajstić information content (AvgIpc) is 3.14. The van der Waals surface area contributed by atoms with Crippen molar-refractivity contribution in [3.8, 4) is 0 Å². The molecule has 2 heterocycles. The first-order valence-electron chi connectivity index (χ1n) is 8.60. The lowest BCUT2D eigenvalue weighted by Crippen LogP contribution is -2.50. The fourth-order valence-corrected chi connectivity index (χ4v) is 2.80. The number of rotatable bonds is 7. The molecule has 0 radical (unpaired) electrons. The summed E-state index contributed by atoms with van der Waals surface area (Å²) in [5, 5.41) is 14.8. The average molecular weight is 361 g/mol. The van der Waals surface area contributed by atoms with Gasteiger partial charge in [0.2, 0.25) is 5.91 Å². The first kappa shape index (κ1) is 18.3. The standard InChI is InChI=1S/C17H23N5O4/c23-10-15(17(25)18-3-4-22-5-7-26-8-6-22)21-16(24)12-1-2-13-14(9-12)20-11-19-13/h1-2,9,11,15,23H,3-8,10H2,(H,18,25)(H,19,20)(H,21,24)/t15-/m0/s1. The Balaban J connectivity index is 1.50. The summed E-state index contributed by atoms with van der Waals surface area (Å²) in [5.41, 5.74) is 1.87. The second-order valence-corrected chi connectivity index (χ2v) is 6.09. The molecular weight excluding hydrogens is 338 g/mol. The van der Waals surface area contributed by atoms with Crippen LogP contribution in [0.15, 0.2) is 24.5 Å². The number of ether oxygens (including phenoxy) is 1. The summed E-state index contributed by atoms with van der Waals surface area (Å²) in [6, 6.07) is 4.01. The molecule has 0 spiro atoms. The van der Waals surface area contributed by atoms with Crippen LogP contribution in [0.3, 0.4) is 0 Å². The lowest BCUT2D eigenvalue weighted by molar-refractivity contribution is -0.123. The van der Waals surface area contributed by atoms with E-state index in [1.165, 1.54) is 0 Å². The van der Waals surface area contributed by atoms with E-state index in [4.69, 9.17) is 4.74 Å².